The fourth-order valence-corrected chi connectivity index (χ4v) is 3.48. The molecule has 138 valence electrons. The molecule has 5 atom stereocenters. The van der Waals surface area contributed by atoms with Gasteiger partial charge in [-0.05, 0) is 41.5 Å². The number of hydrogen-bond donors (Lipinski definition) is 1. The highest BCUT2D eigenvalue weighted by Crippen LogP contribution is 2.40. The molecule has 1 N–H and O–H groups in total. The minimum atomic E-state index is -1.40. The van der Waals surface area contributed by atoms with Crippen LogP contribution in [0.5, 0.6) is 0 Å². The van der Waals surface area contributed by atoms with Gasteiger partial charge in [-0.3, -0.25) is 9.59 Å². The normalized spacial score (nSPS) is 33.8. The number of hydrogen-bond acceptors (Lipinski definition) is 6. The minimum Gasteiger partial charge on any atom is -0.469 e. The van der Waals surface area contributed by atoms with Gasteiger partial charge in [-0.2, -0.15) is 0 Å². The van der Waals surface area contributed by atoms with Gasteiger partial charge in [0.15, 0.2) is 0 Å². The van der Waals surface area contributed by atoms with Crippen LogP contribution in [0.15, 0.2) is 0 Å². The third kappa shape index (κ3) is 3.73. The van der Waals surface area contributed by atoms with Crippen LogP contribution in [0.4, 0.5) is 0 Å². The van der Waals surface area contributed by atoms with Crippen molar-refractivity contribution < 1.29 is 28.9 Å². The smallest absolute Gasteiger partial charge is 0.314 e. The lowest BCUT2D eigenvalue weighted by Crippen LogP contribution is -2.48. The summed E-state index contributed by atoms with van der Waals surface area (Å²) < 4.78 is 17.0. The maximum atomic E-state index is 12.4. The third-order valence-corrected chi connectivity index (χ3v) is 4.15. The van der Waals surface area contributed by atoms with E-state index in [-0.39, 0.29) is 12.6 Å². The molecule has 2 rings (SSSR count). The first-order chi connectivity index (χ1) is 10.9. The third-order valence-electron chi connectivity index (χ3n) is 4.15. The second kappa shape index (κ2) is 6.28. The molecule has 2 aliphatic heterocycles. The molecule has 0 spiro atoms. The minimum absolute atomic E-state index is 0.284. The van der Waals surface area contributed by atoms with E-state index in [0.717, 1.165) is 0 Å². The molecule has 24 heavy (non-hydrogen) atoms. The van der Waals surface area contributed by atoms with E-state index < -0.39 is 47.2 Å². The molecule has 0 saturated carbocycles. The number of fused-ring (bicyclic) bond motifs is 1. The van der Waals surface area contributed by atoms with Crippen LogP contribution in [-0.2, 0) is 23.8 Å². The highest BCUT2D eigenvalue weighted by atomic mass is 16.6. The number of methoxy groups -OCH3 is 1. The summed E-state index contributed by atoms with van der Waals surface area (Å²) in [6.45, 7) is 11.8. The van der Waals surface area contributed by atoms with Crippen LogP contribution in [0.25, 0.3) is 0 Å². The SMILES string of the molecule is COC(=O)[C@H]1[C@@H]2[C@@H](OC(C)(C)C)C(OC(C)(C)C)CN2C(=O)[C@@H]1O. The highest BCUT2D eigenvalue weighted by molar-refractivity contribution is 5.92. The molecule has 0 aromatic heterocycles. The molecule has 2 heterocycles. The Balaban J connectivity index is 2.37. The number of aliphatic hydroxyl groups excluding tert-OH is 1. The molecule has 0 bridgehead atoms. The molecule has 0 aromatic rings. The molecule has 1 amide bonds. The molecule has 0 radical (unpaired) electrons. The van der Waals surface area contributed by atoms with Gasteiger partial charge in [0.05, 0.1) is 30.9 Å². The van der Waals surface area contributed by atoms with Crippen LogP contribution in [0.2, 0.25) is 0 Å². The summed E-state index contributed by atoms with van der Waals surface area (Å²) in [6, 6.07) is -0.591. The Bertz CT molecular complexity index is 506. The standard InChI is InChI=1S/C17H29NO6/c1-16(2,3)23-9-8-18-11(13(9)24-17(4,5)6)10(15(21)22-7)12(19)14(18)20/h9-13,19H,8H2,1-7H3/t9?,10-,11+,12+,13-/m0/s1. The zero-order chi connectivity index (χ0) is 18.4. The maximum absolute atomic E-state index is 12.4. The summed E-state index contributed by atoms with van der Waals surface area (Å²) in [5.74, 6) is -2.05. The van der Waals surface area contributed by atoms with Gasteiger partial charge in [-0.15, -0.1) is 0 Å². The number of aliphatic hydroxyl groups is 1. The van der Waals surface area contributed by atoms with Gasteiger partial charge in [-0.1, -0.05) is 0 Å². The summed E-state index contributed by atoms with van der Waals surface area (Å²) in [6.07, 6.45) is -2.30. The Hall–Kier alpha value is -1.18. The van der Waals surface area contributed by atoms with E-state index in [1.165, 1.54) is 12.0 Å². The second-order valence-corrected chi connectivity index (χ2v) is 8.44. The van der Waals surface area contributed by atoms with Gasteiger partial charge >= 0.3 is 5.97 Å². The van der Waals surface area contributed by atoms with E-state index in [4.69, 9.17) is 14.2 Å². The van der Waals surface area contributed by atoms with Crippen molar-refractivity contribution in [1.82, 2.24) is 4.90 Å². The predicted molar refractivity (Wildman–Crippen MR) is 86.3 cm³/mol. The van der Waals surface area contributed by atoms with Crippen LogP contribution in [0.3, 0.4) is 0 Å². The number of ether oxygens (including phenoxy) is 3. The summed E-state index contributed by atoms with van der Waals surface area (Å²) in [7, 11) is 1.25. The fourth-order valence-electron chi connectivity index (χ4n) is 3.48. The lowest BCUT2D eigenvalue weighted by Gasteiger charge is -2.35. The fraction of sp³-hybridized carbons (Fsp3) is 0.882. The van der Waals surface area contributed by atoms with Crippen molar-refractivity contribution in [1.29, 1.82) is 0 Å². The van der Waals surface area contributed by atoms with Gasteiger partial charge in [0.2, 0.25) is 0 Å². The van der Waals surface area contributed by atoms with E-state index in [2.05, 4.69) is 0 Å². The lowest BCUT2D eigenvalue weighted by atomic mass is 9.92. The number of esters is 1. The average Bonchev–Trinajstić information content (AvgIpc) is 2.84. The molecule has 0 aromatic carbocycles. The van der Waals surface area contributed by atoms with Crippen LogP contribution in [-0.4, -0.2) is 71.1 Å². The van der Waals surface area contributed by atoms with E-state index in [0.29, 0.717) is 0 Å². The van der Waals surface area contributed by atoms with Crippen LogP contribution in [0.1, 0.15) is 41.5 Å². The Morgan fingerprint density at radius 3 is 2.12 bits per heavy atom. The van der Waals surface area contributed by atoms with Gasteiger partial charge in [0.1, 0.15) is 24.2 Å². The van der Waals surface area contributed by atoms with Crippen molar-refractivity contribution >= 4 is 11.9 Å². The molecule has 2 fully saturated rings. The Labute approximate surface area is 143 Å². The van der Waals surface area contributed by atoms with Gasteiger partial charge in [0, 0.05) is 0 Å². The molecule has 2 aliphatic rings. The number of rotatable bonds is 3. The van der Waals surface area contributed by atoms with Crippen molar-refractivity contribution in [3.05, 3.63) is 0 Å². The van der Waals surface area contributed by atoms with E-state index in [1.54, 1.807) is 0 Å². The van der Waals surface area contributed by atoms with Crippen molar-refractivity contribution in [2.45, 2.75) is 77.1 Å². The summed E-state index contributed by atoms with van der Waals surface area (Å²) in [5, 5.41) is 10.2. The Morgan fingerprint density at radius 1 is 1.12 bits per heavy atom. The number of nitrogens with zero attached hydrogens (tertiary/aromatic N) is 1. The van der Waals surface area contributed by atoms with Crippen molar-refractivity contribution in [2.24, 2.45) is 5.92 Å². The largest absolute Gasteiger partial charge is 0.469 e. The molecule has 7 nitrogen and oxygen atoms in total. The van der Waals surface area contributed by atoms with Crippen molar-refractivity contribution in [3.63, 3.8) is 0 Å². The number of amides is 1. The van der Waals surface area contributed by atoms with Gasteiger partial charge < -0.3 is 24.2 Å². The highest BCUT2D eigenvalue weighted by Gasteiger charge is 2.61. The zero-order valence-corrected chi connectivity index (χ0v) is 15.5. The average molecular weight is 343 g/mol. The molecule has 1 unspecified atom stereocenters. The van der Waals surface area contributed by atoms with E-state index in [9.17, 15) is 14.7 Å². The first-order valence-electron chi connectivity index (χ1n) is 8.28. The van der Waals surface area contributed by atoms with Crippen LogP contribution < -0.4 is 0 Å². The number of carbonyl (C=O) groups is 2. The summed E-state index contributed by atoms with van der Waals surface area (Å²) in [4.78, 5) is 26.1. The molecule has 2 saturated heterocycles. The second-order valence-electron chi connectivity index (χ2n) is 8.44. The number of carbonyl (C=O) groups excluding carboxylic acids is 2. The van der Waals surface area contributed by atoms with Crippen LogP contribution in [0, 0.1) is 5.92 Å². The molecule has 0 aliphatic carbocycles. The summed E-state index contributed by atoms with van der Waals surface area (Å²) in [5.41, 5.74) is -0.913. The molecular weight excluding hydrogens is 314 g/mol. The first-order valence-corrected chi connectivity index (χ1v) is 8.28. The lowest BCUT2D eigenvalue weighted by molar-refractivity contribution is -0.166. The van der Waals surface area contributed by atoms with Crippen molar-refractivity contribution in [3.8, 4) is 0 Å². The monoisotopic (exact) mass is 343 g/mol. The summed E-state index contributed by atoms with van der Waals surface area (Å²) >= 11 is 0. The van der Waals surface area contributed by atoms with Gasteiger partial charge in [0.25, 0.3) is 5.91 Å². The topological polar surface area (TPSA) is 85.3 Å². The quantitative estimate of drug-likeness (QED) is 0.761. The molecular formula is C17H29NO6. The van der Waals surface area contributed by atoms with Gasteiger partial charge in [-0.25, -0.2) is 0 Å². The first kappa shape index (κ1) is 19.1. The van der Waals surface area contributed by atoms with E-state index >= 15 is 0 Å². The van der Waals surface area contributed by atoms with Crippen LogP contribution >= 0.6 is 0 Å². The predicted octanol–water partition coefficient (Wildman–Crippen LogP) is 0.728. The Kier molecular flexibility index (Phi) is 5.01. The Morgan fingerprint density at radius 2 is 1.67 bits per heavy atom. The maximum Gasteiger partial charge on any atom is 0.314 e. The molecule has 7 heteroatoms. The van der Waals surface area contributed by atoms with Crippen molar-refractivity contribution in [2.75, 3.05) is 13.7 Å². The van der Waals surface area contributed by atoms with E-state index in [1.807, 2.05) is 41.5 Å². The zero-order valence-electron chi connectivity index (χ0n) is 15.5.